The molecule has 1 aromatic carbocycles. The number of anilines is 1. The molecular weight excluding hydrogens is 286 g/mol. The molecule has 1 aromatic rings. The molecular formula is C15H21N3O4. The predicted octanol–water partition coefficient (Wildman–Crippen LogP) is 0.00420. The van der Waals surface area contributed by atoms with Gasteiger partial charge in [-0.3, -0.25) is 14.4 Å². The minimum atomic E-state index is -0.672. The first-order chi connectivity index (χ1) is 10.5. The molecule has 0 heterocycles. The first-order valence-corrected chi connectivity index (χ1v) is 6.95. The van der Waals surface area contributed by atoms with Crippen molar-refractivity contribution in [1.82, 2.24) is 10.6 Å². The molecule has 0 fully saturated rings. The van der Waals surface area contributed by atoms with Crippen molar-refractivity contribution in [1.29, 1.82) is 0 Å². The Balaban J connectivity index is 2.47. The fourth-order valence-corrected chi connectivity index (χ4v) is 1.82. The Hall–Kier alpha value is -2.41. The molecule has 1 atom stereocenters. The lowest BCUT2D eigenvalue weighted by atomic mass is 10.0. The van der Waals surface area contributed by atoms with Gasteiger partial charge in [-0.15, -0.1) is 0 Å². The zero-order chi connectivity index (χ0) is 16.5. The Morgan fingerprint density at radius 3 is 2.36 bits per heavy atom. The number of benzene rings is 1. The van der Waals surface area contributed by atoms with Gasteiger partial charge in [0.15, 0.2) is 0 Å². The van der Waals surface area contributed by atoms with E-state index in [2.05, 4.69) is 16.0 Å². The molecule has 0 aromatic heterocycles. The number of carbonyl (C=O) groups is 3. The number of rotatable bonds is 8. The molecule has 0 aliphatic carbocycles. The van der Waals surface area contributed by atoms with E-state index in [9.17, 15) is 14.4 Å². The van der Waals surface area contributed by atoms with E-state index in [-0.39, 0.29) is 25.0 Å². The fraction of sp³-hybridized carbons (Fsp3) is 0.400. The lowest BCUT2D eigenvalue weighted by molar-refractivity contribution is -0.128. The van der Waals surface area contributed by atoms with E-state index < -0.39 is 11.9 Å². The monoisotopic (exact) mass is 307 g/mol. The molecule has 3 amide bonds. The molecule has 120 valence electrons. The Bertz CT molecular complexity index is 514. The van der Waals surface area contributed by atoms with Crippen LogP contribution in [0.5, 0.6) is 0 Å². The smallest absolute Gasteiger partial charge is 0.243 e. The highest BCUT2D eigenvalue weighted by atomic mass is 16.3. The molecule has 4 N–H and O–H groups in total. The van der Waals surface area contributed by atoms with Gasteiger partial charge in [0.2, 0.25) is 18.2 Å². The summed E-state index contributed by atoms with van der Waals surface area (Å²) in [4.78, 5) is 34.1. The van der Waals surface area contributed by atoms with Crippen molar-refractivity contribution in [3.8, 4) is 0 Å². The van der Waals surface area contributed by atoms with Crippen molar-refractivity contribution in [2.45, 2.75) is 26.5 Å². The topological polar surface area (TPSA) is 108 Å². The van der Waals surface area contributed by atoms with E-state index >= 15 is 0 Å². The van der Waals surface area contributed by atoms with Crippen LogP contribution < -0.4 is 16.0 Å². The van der Waals surface area contributed by atoms with Gasteiger partial charge in [0.1, 0.15) is 6.04 Å². The van der Waals surface area contributed by atoms with Crippen molar-refractivity contribution in [2.24, 2.45) is 5.92 Å². The van der Waals surface area contributed by atoms with Gasteiger partial charge in [0, 0.05) is 5.69 Å². The van der Waals surface area contributed by atoms with Gasteiger partial charge in [-0.1, -0.05) is 26.0 Å². The van der Waals surface area contributed by atoms with Crippen molar-refractivity contribution >= 4 is 23.9 Å². The second kappa shape index (κ2) is 8.78. The molecule has 0 saturated carbocycles. The second-order valence-electron chi connectivity index (χ2n) is 5.13. The molecule has 0 saturated heterocycles. The van der Waals surface area contributed by atoms with Crippen LogP contribution in [0.3, 0.4) is 0 Å². The molecule has 1 unspecified atom stereocenters. The Morgan fingerprint density at radius 2 is 1.86 bits per heavy atom. The summed E-state index contributed by atoms with van der Waals surface area (Å²) in [5, 5.41) is 16.5. The maximum atomic E-state index is 11.9. The van der Waals surface area contributed by atoms with Crippen molar-refractivity contribution in [3.63, 3.8) is 0 Å². The van der Waals surface area contributed by atoms with Crippen LogP contribution in [0.25, 0.3) is 0 Å². The second-order valence-corrected chi connectivity index (χ2v) is 5.13. The maximum absolute atomic E-state index is 11.9. The van der Waals surface area contributed by atoms with Gasteiger partial charge < -0.3 is 21.1 Å². The summed E-state index contributed by atoms with van der Waals surface area (Å²) in [6.07, 6.45) is 0.465. The Labute approximate surface area is 129 Å². The number of aliphatic hydroxyl groups is 1. The number of hydrogen-bond acceptors (Lipinski definition) is 4. The van der Waals surface area contributed by atoms with E-state index in [1.165, 1.54) is 0 Å². The molecule has 0 radical (unpaired) electrons. The Kier molecular flexibility index (Phi) is 7.04. The average Bonchev–Trinajstić information content (AvgIpc) is 2.50. The van der Waals surface area contributed by atoms with Gasteiger partial charge in [-0.05, 0) is 23.6 Å². The fourth-order valence-electron chi connectivity index (χ4n) is 1.82. The van der Waals surface area contributed by atoms with Crippen molar-refractivity contribution in [3.05, 3.63) is 29.8 Å². The van der Waals surface area contributed by atoms with Gasteiger partial charge in [-0.25, -0.2) is 0 Å². The van der Waals surface area contributed by atoms with Crippen LogP contribution in [0.1, 0.15) is 19.4 Å². The average molecular weight is 307 g/mol. The van der Waals surface area contributed by atoms with Crippen LogP contribution >= 0.6 is 0 Å². The third kappa shape index (κ3) is 5.53. The van der Waals surface area contributed by atoms with E-state index in [1.54, 1.807) is 38.1 Å². The van der Waals surface area contributed by atoms with Crippen LogP contribution in [0.2, 0.25) is 0 Å². The van der Waals surface area contributed by atoms with Crippen LogP contribution in [0, 0.1) is 5.92 Å². The summed E-state index contributed by atoms with van der Waals surface area (Å²) >= 11 is 0. The number of hydrogen-bond donors (Lipinski definition) is 4. The van der Waals surface area contributed by atoms with Crippen molar-refractivity contribution < 1.29 is 19.5 Å². The van der Waals surface area contributed by atoms with Gasteiger partial charge in [-0.2, -0.15) is 0 Å². The van der Waals surface area contributed by atoms with E-state index in [4.69, 9.17) is 5.11 Å². The highest BCUT2D eigenvalue weighted by Gasteiger charge is 2.21. The number of amides is 3. The molecule has 0 spiro atoms. The minimum Gasteiger partial charge on any atom is -0.392 e. The highest BCUT2D eigenvalue weighted by molar-refractivity contribution is 5.95. The molecule has 1 rings (SSSR count). The zero-order valence-corrected chi connectivity index (χ0v) is 12.6. The predicted molar refractivity (Wildman–Crippen MR) is 81.8 cm³/mol. The SMILES string of the molecule is CC(C)C(NC=O)C(=O)NCC(=O)Nc1ccc(CO)cc1. The molecule has 22 heavy (non-hydrogen) atoms. The number of carbonyl (C=O) groups excluding carboxylic acids is 3. The number of nitrogens with one attached hydrogen (secondary N) is 3. The normalized spacial score (nSPS) is 11.6. The minimum absolute atomic E-state index is 0.0649. The van der Waals surface area contributed by atoms with E-state index in [0.717, 1.165) is 5.56 Å². The molecule has 0 bridgehead atoms. The summed E-state index contributed by atoms with van der Waals surface area (Å²) in [6.45, 7) is 3.34. The van der Waals surface area contributed by atoms with Crippen LogP contribution in [0.4, 0.5) is 5.69 Å². The summed E-state index contributed by atoms with van der Waals surface area (Å²) in [6, 6.07) is 6.04. The molecule has 7 heteroatoms. The van der Waals surface area contributed by atoms with Gasteiger partial charge in [0.25, 0.3) is 0 Å². The first kappa shape index (κ1) is 17.6. The summed E-state index contributed by atoms with van der Waals surface area (Å²) in [5.41, 5.74) is 1.31. The molecule has 0 aliphatic rings. The summed E-state index contributed by atoms with van der Waals surface area (Å²) in [7, 11) is 0. The van der Waals surface area contributed by atoms with Crippen LogP contribution in [-0.2, 0) is 21.0 Å². The lowest BCUT2D eigenvalue weighted by Crippen LogP contribution is -2.48. The lowest BCUT2D eigenvalue weighted by Gasteiger charge is -2.19. The largest absolute Gasteiger partial charge is 0.392 e. The third-order valence-electron chi connectivity index (χ3n) is 3.04. The maximum Gasteiger partial charge on any atom is 0.243 e. The van der Waals surface area contributed by atoms with Crippen LogP contribution in [-0.4, -0.2) is 35.9 Å². The van der Waals surface area contributed by atoms with E-state index in [0.29, 0.717) is 12.1 Å². The Morgan fingerprint density at radius 1 is 1.23 bits per heavy atom. The summed E-state index contributed by atoms with van der Waals surface area (Å²) < 4.78 is 0. The van der Waals surface area contributed by atoms with E-state index in [1.807, 2.05) is 0 Å². The third-order valence-corrected chi connectivity index (χ3v) is 3.04. The zero-order valence-electron chi connectivity index (χ0n) is 12.6. The van der Waals surface area contributed by atoms with Gasteiger partial charge in [0.05, 0.1) is 13.2 Å². The quantitative estimate of drug-likeness (QED) is 0.507. The van der Waals surface area contributed by atoms with Gasteiger partial charge >= 0.3 is 0 Å². The first-order valence-electron chi connectivity index (χ1n) is 6.95. The standard InChI is InChI=1S/C15H21N3O4/c1-10(2)14(17-9-20)15(22)16-7-13(21)18-12-5-3-11(8-19)4-6-12/h3-6,9-10,14,19H,7-8H2,1-2H3,(H,16,22)(H,17,20)(H,18,21). The summed E-state index contributed by atoms with van der Waals surface area (Å²) in [5.74, 6) is -0.870. The van der Waals surface area contributed by atoms with Crippen molar-refractivity contribution in [2.75, 3.05) is 11.9 Å². The molecule has 7 nitrogen and oxygen atoms in total. The molecule has 0 aliphatic heterocycles. The number of aliphatic hydroxyl groups excluding tert-OH is 1. The highest BCUT2D eigenvalue weighted by Crippen LogP contribution is 2.09. The van der Waals surface area contributed by atoms with Crippen LogP contribution in [0.15, 0.2) is 24.3 Å².